The van der Waals surface area contributed by atoms with Crippen LogP contribution < -0.4 is 0 Å². The second-order valence-corrected chi connectivity index (χ2v) is 11.9. The molecule has 0 saturated carbocycles. The fourth-order valence-electron chi connectivity index (χ4n) is 6.80. The lowest BCUT2D eigenvalue weighted by molar-refractivity contribution is 0.667. The summed E-state index contributed by atoms with van der Waals surface area (Å²) < 4.78 is 12.9. The standard InChI is InChI=1S/C42H24N4O2/c1-2-11-26(12-3-1)40-44-41(28-21-20-25-10-4-5-13-27(25)22-28)46-42(45-40)33-23-43-24-36-38(33)32-17-8-16-30(39(32)48-36)29-15-9-19-35-37(29)31-14-6-7-18-34(31)47-35/h1-24H. The summed E-state index contributed by atoms with van der Waals surface area (Å²) in [5.41, 5.74) is 7.73. The lowest BCUT2D eigenvalue weighted by Gasteiger charge is -2.09. The maximum absolute atomic E-state index is 6.65. The van der Waals surface area contributed by atoms with Gasteiger partial charge in [-0.25, -0.2) is 15.0 Å². The van der Waals surface area contributed by atoms with Gasteiger partial charge in [0, 0.05) is 50.0 Å². The summed E-state index contributed by atoms with van der Waals surface area (Å²) in [5.74, 6) is 1.71. The summed E-state index contributed by atoms with van der Waals surface area (Å²) in [6.45, 7) is 0. The molecule has 6 heteroatoms. The van der Waals surface area contributed by atoms with E-state index in [0.717, 1.165) is 76.9 Å². The van der Waals surface area contributed by atoms with Crippen molar-refractivity contribution >= 4 is 54.6 Å². The smallest absolute Gasteiger partial charge is 0.166 e. The van der Waals surface area contributed by atoms with Gasteiger partial charge in [-0.3, -0.25) is 4.98 Å². The second-order valence-electron chi connectivity index (χ2n) is 11.9. The summed E-state index contributed by atoms with van der Waals surface area (Å²) >= 11 is 0. The quantitative estimate of drug-likeness (QED) is 0.196. The van der Waals surface area contributed by atoms with E-state index in [1.54, 1.807) is 6.20 Å². The third-order valence-electron chi connectivity index (χ3n) is 9.02. The Hall–Kier alpha value is -6.66. The third kappa shape index (κ3) is 4.13. The zero-order valence-electron chi connectivity index (χ0n) is 25.5. The Morgan fingerprint density at radius 1 is 0.396 bits per heavy atom. The van der Waals surface area contributed by atoms with Gasteiger partial charge in [0.1, 0.15) is 16.7 Å². The molecule has 6 nitrogen and oxygen atoms in total. The highest BCUT2D eigenvalue weighted by atomic mass is 16.3. The van der Waals surface area contributed by atoms with Gasteiger partial charge in [0.2, 0.25) is 0 Å². The highest BCUT2D eigenvalue weighted by Crippen LogP contribution is 2.43. The number of nitrogens with zero attached hydrogens (tertiary/aromatic N) is 4. The molecule has 48 heavy (non-hydrogen) atoms. The van der Waals surface area contributed by atoms with Gasteiger partial charge in [0.05, 0.1) is 6.20 Å². The van der Waals surface area contributed by atoms with Crippen molar-refractivity contribution in [3.8, 4) is 45.3 Å². The van der Waals surface area contributed by atoms with Gasteiger partial charge in [0.25, 0.3) is 0 Å². The zero-order valence-corrected chi connectivity index (χ0v) is 25.5. The molecule has 0 radical (unpaired) electrons. The molecule has 10 aromatic rings. The molecule has 0 spiro atoms. The minimum absolute atomic E-state index is 0.529. The highest BCUT2D eigenvalue weighted by molar-refractivity contribution is 6.19. The third-order valence-corrected chi connectivity index (χ3v) is 9.02. The normalized spacial score (nSPS) is 11.8. The van der Waals surface area contributed by atoms with Crippen molar-refractivity contribution in [2.45, 2.75) is 0 Å². The molecular formula is C42H24N4O2. The topological polar surface area (TPSA) is 77.8 Å². The maximum Gasteiger partial charge on any atom is 0.166 e. The van der Waals surface area contributed by atoms with Gasteiger partial charge < -0.3 is 8.83 Å². The van der Waals surface area contributed by atoms with E-state index in [0.29, 0.717) is 23.1 Å². The van der Waals surface area contributed by atoms with E-state index >= 15 is 0 Å². The Labute approximate surface area is 274 Å². The van der Waals surface area contributed by atoms with Crippen molar-refractivity contribution in [2.75, 3.05) is 0 Å². The lowest BCUT2D eigenvalue weighted by Crippen LogP contribution is -2.00. The van der Waals surface area contributed by atoms with Crippen molar-refractivity contribution in [3.63, 3.8) is 0 Å². The number of benzene rings is 6. The Morgan fingerprint density at radius 2 is 1.08 bits per heavy atom. The summed E-state index contributed by atoms with van der Waals surface area (Å²) in [6.07, 6.45) is 3.59. The van der Waals surface area contributed by atoms with Crippen molar-refractivity contribution in [1.29, 1.82) is 0 Å². The fourth-order valence-corrected chi connectivity index (χ4v) is 6.80. The largest absolute Gasteiger partial charge is 0.456 e. The molecule has 224 valence electrons. The molecule has 0 fully saturated rings. The summed E-state index contributed by atoms with van der Waals surface area (Å²) in [5, 5.41) is 6.27. The molecule has 0 aliphatic heterocycles. The molecule has 0 amide bonds. The number of pyridine rings is 1. The average molecular weight is 617 g/mol. The van der Waals surface area contributed by atoms with Gasteiger partial charge >= 0.3 is 0 Å². The van der Waals surface area contributed by atoms with Crippen LogP contribution in [0.2, 0.25) is 0 Å². The number of aromatic nitrogens is 4. The molecule has 6 aromatic carbocycles. The Bertz CT molecular complexity index is 2850. The Morgan fingerprint density at radius 3 is 2.00 bits per heavy atom. The van der Waals surface area contributed by atoms with E-state index in [4.69, 9.17) is 23.8 Å². The first-order valence-corrected chi connectivity index (χ1v) is 15.8. The first-order chi connectivity index (χ1) is 23.8. The molecule has 0 bridgehead atoms. The molecule has 0 saturated heterocycles. The number of fused-ring (bicyclic) bond motifs is 7. The van der Waals surface area contributed by atoms with E-state index in [-0.39, 0.29) is 0 Å². The summed E-state index contributed by atoms with van der Waals surface area (Å²) in [6, 6.07) is 45.2. The highest BCUT2D eigenvalue weighted by Gasteiger charge is 2.21. The van der Waals surface area contributed by atoms with E-state index in [1.165, 1.54) is 0 Å². The molecule has 4 aromatic heterocycles. The number of hydrogen-bond acceptors (Lipinski definition) is 6. The first-order valence-electron chi connectivity index (χ1n) is 15.8. The maximum atomic E-state index is 6.65. The molecule has 0 N–H and O–H groups in total. The van der Waals surface area contributed by atoms with Gasteiger partial charge in [-0.15, -0.1) is 0 Å². The molecule has 10 rings (SSSR count). The molecule has 0 aliphatic rings. The van der Waals surface area contributed by atoms with Crippen LogP contribution in [0.15, 0.2) is 155 Å². The van der Waals surface area contributed by atoms with E-state index in [2.05, 4.69) is 65.6 Å². The van der Waals surface area contributed by atoms with Crippen molar-refractivity contribution < 1.29 is 8.83 Å². The zero-order chi connectivity index (χ0) is 31.6. The predicted octanol–water partition coefficient (Wildman–Crippen LogP) is 10.9. The van der Waals surface area contributed by atoms with Gasteiger partial charge in [-0.1, -0.05) is 115 Å². The average Bonchev–Trinajstić information content (AvgIpc) is 3.74. The minimum Gasteiger partial charge on any atom is -0.456 e. The van der Waals surface area contributed by atoms with Crippen molar-refractivity contribution in [1.82, 2.24) is 19.9 Å². The van der Waals surface area contributed by atoms with Crippen LogP contribution in [-0.4, -0.2) is 19.9 Å². The van der Waals surface area contributed by atoms with E-state index in [9.17, 15) is 0 Å². The lowest BCUT2D eigenvalue weighted by atomic mass is 9.97. The second kappa shape index (κ2) is 10.4. The van der Waals surface area contributed by atoms with Crippen LogP contribution in [-0.2, 0) is 0 Å². The molecular weight excluding hydrogens is 592 g/mol. The van der Waals surface area contributed by atoms with E-state index < -0.39 is 0 Å². The molecule has 0 atom stereocenters. The van der Waals surface area contributed by atoms with Crippen molar-refractivity contribution in [3.05, 3.63) is 146 Å². The van der Waals surface area contributed by atoms with E-state index in [1.807, 2.05) is 79.0 Å². The molecule has 4 heterocycles. The van der Waals surface area contributed by atoms with Gasteiger partial charge in [-0.05, 0) is 34.5 Å². The van der Waals surface area contributed by atoms with Crippen LogP contribution in [0, 0.1) is 0 Å². The number of hydrogen-bond donors (Lipinski definition) is 0. The molecule has 0 aliphatic carbocycles. The predicted molar refractivity (Wildman–Crippen MR) is 191 cm³/mol. The van der Waals surface area contributed by atoms with Crippen LogP contribution in [0.4, 0.5) is 0 Å². The van der Waals surface area contributed by atoms with Gasteiger partial charge in [0.15, 0.2) is 23.1 Å². The van der Waals surface area contributed by atoms with Crippen LogP contribution in [0.1, 0.15) is 0 Å². The Kier molecular flexibility index (Phi) is 5.77. The van der Waals surface area contributed by atoms with Crippen LogP contribution >= 0.6 is 0 Å². The van der Waals surface area contributed by atoms with Gasteiger partial charge in [-0.2, -0.15) is 0 Å². The fraction of sp³-hybridized carbons (Fsp3) is 0. The monoisotopic (exact) mass is 616 g/mol. The molecule has 0 unspecified atom stereocenters. The number of para-hydroxylation sites is 2. The summed E-state index contributed by atoms with van der Waals surface area (Å²) in [4.78, 5) is 19.7. The minimum atomic E-state index is 0.529. The van der Waals surface area contributed by atoms with Crippen LogP contribution in [0.3, 0.4) is 0 Å². The Balaban J connectivity index is 1.22. The summed E-state index contributed by atoms with van der Waals surface area (Å²) in [7, 11) is 0. The van der Waals surface area contributed by atoms with Crippen LogP contribution in [0.25, 0.3) is 99.9 Å². The number of rotatable bonds is 4. The SMILES string of the molecule is c1ccc(-c2nc(-c3ccc4ccccc4c3)nc(-c3cncc4oc5c(-c6cccc7oc8ccccc8c67)cccc5c34)n2)cc1. The number of furan rings is 2. The van der Waals surface area contributed by atoms with Crippen molar-refractivity contribution in [2.24, 2.45) is 0 Å². The first kappa shape index (κ1) is 26.5. The van der Waals surface area contributed by atoms with Crippen LogP contribution in [0.5, 0.6) is 0 Å².